The number of aliphatic carboxylic acids is 3. The van der Waals surface area contributed by atoms with Gasteiger partial charge in [0, 0.05) is 57.7 Å². The zero-order valence-corrected chi connectivity index (χ0v) is 38.2. The number of carboxylic acids is 3. The number of carbonyl (C=O) groups is 8. The number of ether oxygens (including phenoxy) is 4. The molecule has 0 fully saturated rings. The van der Waals surface area contributed by atoms with Crippen LogP contribution in [-0.4, -0.2) is 153 Å². The van der Waals surface area contributed by atoms with Crippen molar-refractivity contribution in [3.63, 3.8) is 0 Å². The highest BCUT2D eigenvalue weighted by molar-refractivity contribution is 7.99. The molecule has 7 N–H and O–H groups in total. The van der Waals surface area contributed by atoms with E-state index in [1.54, 1.807) is 6.92 Å². The predicted molar refractivity (Wildman–Crippen MR) is 236 cm³/mol. The van der Waals surface area contributed by atoms with E-state index in [1.807, 2.05) is 0 Å². The largest absolute Gasteiger partial charge is 0.481 e. The minimum absolute atomic E-state index is 0.0212. The van der Waals surface area contributed by atoms with Crippen LogP contribution in [0.4, 0.5) is 0 Å². The fourth-order valence-electron chi connectivity index (χ4n) is 5.90. The highest BCUT2D eigenvalue weighted by Gasteiger charge is 2.21. The van der Waals surface area contributed by atoms with E-state index in [1.165, 1.54) is 31.0 Å². The van der Waals surface area contributed by atoms with Crippen molar-refractivity contribution in [3.8, 4) is 0 Å². The van der Waals surface area contributed by atoms with E-state index >= 15 is 0 Å². The number of amides is 4. The molecule has 0 aromatic rings. The van der Waals surface area contributed by atoms with Crippen LogP contribution in [0.15, 0.2) is 0 Å². The lowest BCUT2D eigenvalue weighted by molar-refractivity contribution is -0.142. The van der Waals surface area contributed by atoms with Gasteiger partial charge in [0.15, 0.2) is 0 Å². The minimum Gasteiger partial charge on any atom is -0.481 e. The number of carbonyl (C=O) groups excluding carboxylic acids is 5. The van der Waals surface area contributed by atoms with Gasteiger partial charge in [-0.05, 0) is 32.1 Å². The Hall–Kier alpha value is -3.85. The molecule has 364 valence electrons. The van der Waals surface area contributed by atoms with Gasteiger partial charge in [-0.3, -0.25) is 33.6 Å². The number of rotatable bonds is 46. The summed E-state index contributed by atoms with van der Waals surface area (Å²) in [6.45, 7) is 3.44. The summed E-state index contributed by atoms with van der Waals surface area (Å²) in [4.78, 5) is 93.4. The van der Waals surface area contributed by atoms with Crippen LogP contribution < -0.4 is 21.3 Å². The number of carboxylic acid groups (broad SMARTS) is 3. The summed E-state index contributed by atoms with van der Waals surface area (Å²) in [6, 6.07) is -1.12. The van der Waals surface area contributed by atoms with E-state index in [0.29, 0.717) is 31.6 Å². The van der Waals surface area contributed by atoms with Crippen LogP contribution in [0.25, 0.3) is 0 Å². The lowest BCUT2D eigenvalue weighted by Gasteiger charge is -2.14. The molecule has 0 radical (unpaired) electrons. The molecule has 0 spiro atoms. The summed E-state index contributed by atoms with van der Waals surface area (Å²) < 4.78 is 21.3. The van der Waals surface area contributed by atoms with Crippen LogP contribution in [-0.2, 0) is 57.3 Å². The summed E-state index contributed by atoms with van der Waals surface area (Å²) >= 11 is 1.25. The van der Waals surface area contributed by atoms with E-state index < -0.39 is 29.9 Å². The summed E-state index contributed by atoms with van der Waals surface area (Å²) in [5.41, 5.74) is 0. The maximum Gasteiger partial charge on any atom is 0.326 e. The van der Waals surface area contributed by atoms with Crippen LogP contribution >= 0.6 is 11.8 Å². The monoisotopic (exact) mass is 921 g/mol. The number of thioether (sulfide) groups is 1. The second kappa shape index (κ2) is 42.1. The smallest absolute Gasteiger partial charge is 0.326 e. The number of ketones is 1. The van der Waals surface area contributed by atoms with Crippen molar-refractivity contribution in [2.45, 2.75) is 135 Å². The Balaban J connectivity index is 3.67. The van der Waals surface area contributed by atoms with E-state index in [4.69, 9.17) is 29.2 Å². The first-order chi connectivity index (χ1) is 30.3. The molecule has 0 aliphatic carbocycles. The van der Waals surface area contributed by atoms with Gasteiger partial charge in [0.2, 0.25) is 23.6 Å². The molecule has 0 heterocycles. The Morgan fingerprint density at radius 2 is 0.984 bits per heavy atom. The number of hydrogen-bond donors (Lipinski definition) is 7. The van der Waals surface area contributed by atoms with E-state index in [-0.39, 0.29) is 133 Å². The Morgan fingerprint density at radius 3 is 1.51 bits per heavy atom. The average Bonchev–Trinajstić information content (AvgIpc) is 3.24. The van der Waals surface area contributed by atoms with Crippen molar-refractivity contribution in [2.24, 2.45) is 5.92 Å². The molecular formula is C43H76N4O15S. The van der Waals surface area contributed by atoms with E-state index in [2.05, 4.69) is 21.3 Å². The lowest BCUT2D eigenvalue weighted by Crippen LogP contribution is -2.41. The van der Waals surface area contributed by atoms with Gasteiger partial charge in [-0.2, -0.15) is 11.8 Å². The Bertz CT molecular complexity index is 1290. The van der Waals surface area contributed by atoms with Crippen LogP contribution in [0, 0.1) is 5.92 Å². The Labute approximate surface area is 377 Å². The van der Waals surface area contributed by atoms with Gasteiger partial charge >= 0.3 is 17.9 Å². The molecule has 20 heteroatoms. The molecule has 0 saturated heterocycles. The molecule has 19 nitrogen and oxygen atoms in total. The molecule has 4 amide bonds. The van der Waals surface area contributed by atoms with Crippen molar-refractivity contribution in [1.29, 1.82) is 0 Å². The molecular weight excluding hydrogens is 845 g/mol. The summed E-state index contributed by atoms with van der Waals surface area (Å²) in [5, 5.41) is 37.6. The fraction of sp³-hybridized carbons (Fsp3) is 0.814. The van der Waals surface area contributed by atoms with Gasteiger partial charge in [-0.15, -0.1) is 0 Å². The minimum atomic E-state index is -1.17. The maximum absolute atomic E-state index is 12.3. The SMILES string of the molecule is CC[C@@H](CSCC(=O)NCCNC(=O)COCCOCCNC(=O)COCCOCCCC(=O)CC[C@H](NC(=O)CCCCCCCCCCCCCCC(=O)O)C(=O)O)C(=O)O. The van der Waals surface area contributed by atoms with Crippen LogP contribution in [0.3, 0.4) is 0 Å². The van der Waals surface area contributed by atoms with Gasteiger partial charge in [-0.25, -0.2) is 4.79 Å². The quantitative estimate of drug-likeness (QED) is 0.0430. The zero-order valence-electron chi connectivity index (χ0n) is 37.4. The zero-order chi connectivity index (χ0) is 46.8. The number of unbranched alkanes of at least 4 members (excludes halogenated alkanes) is 11. The molecule has 0 bridgehead atoms. The second-order valence-corrected chi connectivity index (χ2v) is 16.1. The molecule has 0 aliphatic heterocycles. The van der Waals surface area contributed by atoms with E-state index in [0.717, 1.165) is 51.4 Å². The number of Topliss-reactive ketones (excluding diaryl/α,β-unsaturated/α-hetero) is 1. The normalized spacial score (nSPS) is 12.0. The second-order valence-electron chi connectivity index (χ2n) is 15.1. The highest BCUT2D eigenvalue weighted by atomic mass is 32.2. The molecule has 0 saturated carbocycles. The third-order valence-corrected chi connectivity index (χ3v) is 10.7. The molecule has 0 unspecified atom stereocenters. The maximum atomic E-state index is 12.3. The van der Waals surface area contributed by atoms with Gasteiger partial charge in [0.05, 0.1) is 44.7 Å². The van der Waals surface area contributed by atoms with Gasteiger partial charge < -0.3 is 55.5 Å². The molecule has 0 aromatic carbocycles. The van der Waals surface area contributed by atoms with Crippen LogP contribution in [0.5, 0.6) is 0 Å². The fourth-order valence-corrected chi connectivity index (χ4v) is 6.97. The van der Waals surface area contributed by atoms with Crippen molar-refractivity contribution in [2.75, 3.05) is 84.0 Å². The van der Waals surface area contributed by atoms with Gasteiger partial charge in [-0.1, -0.05) is 71.1 Å². The molecule has 63 heavy (non-hydrogen) atoms. The predicted octanol–water partition coefficient (Wildman–Crippen LogP) is 3.49. The first kappa shape index (κ1) is 59.1. The summed E-state index contributed by atoms with van der Waals surface area (Å²) in [5.74, 6) is -4.12. The topological polar surface area (TPSA) is 282 Å². The number of hydrogen-bond acceptors (Lipinski definition) is 13. The first-order valence-electron chi connectivity index (χ1n) is 22.5. The van der Waals surface area contributed by atoms with E-state index in [9.17, 15) is 43.5 Å². The molecule has 0 rings (SSSR count). The Morgan fingerprint density at radius 1 is 0.492 bits per heavy atom. The van der Waals surface area contributed by atoms with Crippen molar-refractivity contribution in [3.05, 3.63) is 0 Å². The summed E-state index contributed by atoms with van der Waals surface area (Å²) in [6.07, 6.45) is 14.0. The van der Waals surface area contributed by atoms with Crippen molar-refractivity contribution >= 4 is 59.1 Å². The van der Waals surface area contributed by atoms with Crippen LogP contribution in [0.2, 0.25) is 0 Å². The third kappa shape index (κ3) is 40.7. The van der Waals surface area contributed by atoms with Crippen molar-refractivity contribution < 1.29 is 72.6 Å². The molecule has 0 aliphatic rings. The summed E-state index contributed by atoms with van der Waals surface area (Å²) in [7, 11) is 0. The molecule has 2 atom stereocenters. The van der Waals surface area contributed by atoms with Crippen molar-refractivity contribution in [1.82, 2.24) is 21.3 Å². The van der Waals surface area contributed by atoms with Gasteiger partial charge in [0.1, 0.15) is 25.0 Å². The van der Waals surface area contributed by atoms with Gasteiger partial charge in [0.25, 0.3) is 0 Å². The average molecular weight is 921 g/mol. The molecule has 0 aromatic heterocycles. The van der Waals surface area contributed by atoms with Crippen LogP contribution in [0.1, 0.15) is 129 Å². The first-order valence-corrected chi connectivity index (χ1v) is 23.7. The Kier molecular flexibility index (Phi) is 39.5. The lowest BCUT2D eigenvalue weighted by atomic mass is 10.0. The number of nitrogens with one attached hydrogen (secondary N) is 4. The highest BCUT2D eigenvalue weighted by Crippen LogP contribution is 2.14. The standard InChI is InChI=1S/C43H76N4O15S/c1-2-34(42(55)56)32-63-33-40(52)45-22-21-44-38(50)30-62-29-27-60-25-23-46-39(51)31-61-28-26-59-24-15-16-35(48)19-20-36(43(57)58)47-37(49)17-13-11-9-7-5-3-4-6-8-10-12-14-18-41(53)54/h34,36H,2-33H2,1H3,(H,44,50)(H,45,52)(H,46,51)(H,47,49)(H,53,54)(H,55,56)(H,57,58)/t34-,36-/m0/s1. The third-order valence-electron chi connectivity index (χ3n) is 9.58.